The summed E-state index contributed by atoms with van der Waals surface area (Å²) in [6.07, 6.45) is 3.16. The number of rotatable bonds is 0. The van der Waals surface area contributed by atoms with Gasteiger partial charge in [-0.25, -0.2) is 9.97 Å². The van der Waals surface area contributed by atoms with E-state index in [2.05, 4.69) is 19.9 Å². The molecular formula is C5H7N5O. The first-order valence-corrected chi connectivity index (χ1v) is 2.78. The van der Waals surface area contributed by atoms with Crippen LogP contribution in [0.25, 0.3) is 11.2 Å². The Labute approximate surface area is 61.8 Å². The van der Waals surface area contributed by atoms with Crippen molar-refractivity contribution < 1.29 is 5.48 Å². The summed E-state index contributed by atoms with van der Waals surface area (Å²) in [5, 5.41) is 0. The first-order valence-electron chi connectivity index (χ1n) is 2.78. The Bertz CT molecular complexity index is 356. The van der Waals surface area contributed by atoms with E-state index in [1.807, 2.05) is 0 Å². The van der Waals surface area contributed by atoms with Gasteiger partial charge in [-0.1, -0.05) is 0 Å². The zero-order valence-corrected chi connectivity index (χ0v) is 5.57. The lowest BCUT2D eigenvalue weighted by atomic mass is 10.6. The molecule has 0 fully saturated rings. The Morgan fingerprint density at radius 2 is 2.18 bits per heavy atom. The Morgan fingerprint density at radius 1 is 1.36 bits per heavy atom. The molecule has 0 bridgehead atoms. The third kappa shape index (κ3) is 1.10. The van der Waals surface area contributed by atoms with Gasteiger partial charge in [0, 0.05) is 0 Å². The smallest absolute Gasteiger partial charge is 0.222 e. The Hall–Kier alpha value is -1.69. The van der Waals surface area contributed by atoms with Gasteiger partial charge in [-0.2, -0.15) is 4.98 Å². The van der Waals surface area contributed by atoms with Crippen LogP contribution in [0.1, 0.15) is 0 Å². The maximum atomic E-state index is 5.31. The van der Waals surface area contributed by atoms with Crippen LogP contribution in [0, 0.1) is 0 Å². The second-order valence-corrected chi connectivity index (χ2v) is 1.87. The highest BCUT2D eigenvalue weighted by Crippen LogP contribution is 2.03. The molecular weight excluding hydrogens is 146 g/mol. The molecule has 11 heavy (non-hydrogen) atoms. The number of imidazole rings is 1. The zero-order valence-electron chi connectivity index (χ0n) is 5.57. The minimum Gasteiger partial charge on any atom is -0.412 e. The lowest BCUT2D eigenvalue weighted by Gasteiger charge is -1.87. The van der Waals surface area contributed by atoms with Crippen molar-refractivity contribution in [2.75, 3.05) is 5.73 Å². The van der Waals surface area contributed by atoms with Crippen molar-refractivity contribution in [3.05, 3.63) is 12.5 Å². The van der Waals surface area contributed by atoms with Crippen molar-refractivity contribution in [1.29, 1.82) is 0 Å². The number of aromatic nitrogens is 4. The number of nitrogens with one attached hydrogen (secondary N) is 1. The van der Waals surface area contributed by atoms with Crippen LogP contribution in [-0.4, -0.2) is 25.4 Å². The summed E-state index contributed by atoms with van der Waals surface area (Å²) in [4.78, 5) is 14.4. The second kappa shape index (κ2) is 2.51. The van der Waals surface area contributed by atoms with Crippen molar-refractivity contribution >= 4 is 17.1 Å². The quantitative estimate of drug-likeness (QED) is 0.511. The summed E-state index contributed by atoms with van der Waals surface area (Å²) in [5.41, 5.74) is 6.71. The Balaban J connectivity index is 0.000000605. The highest BCUT2D eigenvalue weighted by molar-refractivity contribution is 5.69. The minimum atomic E-state index is 0. The van der Waals surface area contributed by atoms with Crippen LogP contribution in [0.15, 0.2) is 12.5 Å². The van der Waals surface area contributed by atoms with Crippen LogP contribution in [0.2, 0.25) is 0 Å². The van der Waals surface area contributed by atoms with E-state index in [1.165, 1.54) is 0 Å². The van der Waals surface area contributed by atoms with E-state index in [9.17, 15) is 0 Å². The average molecular weight is 153 g/mol. The van der Waals surface area contributed by atoms with Crippen LogP contribution >= 0.6 is 0 Å². The highest BCUT2D eigenvalue weighted by atomic mass is 16.0. The first-order chi connectivity index (χ1) is 4.86. The molecule has 6 nitrogen and oxygen atoms in total. The number of anilines is 1. The van der Waals surface area contributed by atoms with Crippen molar-refractivity contribution in [3.63, 3.8) is 0 Å². The highest BCUT2D eigenvalue weighted by Gasteiger charge is 1.95. The topological polar surface area (TPSA) is 112 Å². The van der Waals surface area contributed by atoms with E-state index >= 15 is 0 Å². The van der Waals surface area contributed by atoms with Gasteiger partial charge in [0.25, 0.3) is 0 Å². The molecule has 0 spiro atoms. The summed E-state index contributed by atoms with van der Waals surface area (Å²) in [6, 6.07) is 0. The second-order valence-electron chi connectivity index (χ2n) is 1.87. The molecule has 0 radical (unpaired) electrons. The molecule has 6 heteroatoms. The molecule has 2 heterocycles. The number of nitrogens with zero attached hydrogens (tertiary/aromatic N) is 3. The first kappa shape index (κ1) is 7.42. The lowest BCUT2D eigenvalue weighted by Crippen LogP contribution is -1.93. The van der Waals surface area contributed by atoms with Gasteiger partial charge in [-0.15, -0.1) is 0 Å². The summed E-state index contributed by atoms with van der Waals surface area (Å²) < 4.78 is 0. The third-order valence-electron chi connectivity index (χ3n) is 1.19. The summed E-state index contributed by atoms with van der Waals surface area (Å²) in [6.45, 7) is 0. The monoisotopic (exact) mass is 153 g/mol. The van der Waals surface area contributed by atoms with E-state index in [-0.39, 0.29) is 11.4 Å². The van der Waals surface area contributed by atoms with Crippen LogP contribution in [0.4, 0.5) is 5.95 Å². The van der Waals surface area contributed by atoms with Crippen LogP contribution < -0.4 is 5.73 Å². The maximum absolute atomic E-state index is 5.31. The molecule has 0 amide bonds. The molecule has 0 atom stereocenters. The number of nitrogens with two attached hydrogens (primary N) is 1. The van der Waals surface area contributed by atoms with Gasteiger partial charge < -0.3 is 16.2 Å². The molecule has 0 aliphatic heterocycles. The van der Waals surface area contributed by atoms with E-state index in [1.54, 1.807) is 12.5 Å². The SMILES string of the molecule is Nc1ncc2[nH]cnc2n1.O. The standard InChI is InChI=1S/C5H5N5.H2O/c6-5-7-1-3-4(10-5)9-2-8-3;/h1-2H,(H3,6,7,8,9,10);1H2. The predicted octanol–water partition coefficient (Wildman–Crippen LogP) is -0.890. The average Bonchev–Trinajstić information content (AvgIpc) is 2.33. The van der Waals surface area contributed by atoms with Crippen LogP contribution in [0.3, 0.4) is 0 Å². The van der Waals surface area contributed by atoms with Gasteiger partial charge >= 0.3 is 0 Å². The van der Waals surface area contributed by atoms with Crippen molar-refractivity contribution in [1.82, 2.24) is 19.9 Å². The van der Waals surface area contributed by atoms with Crippen molar-refractivity contribution in [2.24, 2.45) is 0 Å². The number of nitrogen functional groups attached to an aromatic ring is 1. The van der Waals surface area contributed by atoms with E-state index in [0.29, 0.717) is 5.65 Å². The molecule has 2 rings (SSSR count). The van der Waals surface area contributed by atoms with E-state index in [4.69, 9.17) is 5.73 Å². The summed E-state index contributed by atoms with van der Waals surface area (Å²) in [5.74, 6) is 0.250. The molecule has 0 saturated carbocycles. The van der Waals surface area contributed by atoms with Gasteiger partial charge in [-0.05, 0) is 0 Å². The fourth-order valence-electron chi connectivity index (χ4n) is 0.749. The minimum absolute atomic E-state index is 0. The fourth-order valence-corrected chi connectivity index (χ4v) is 0.749. The Kier molecular flexibility index (Phi) is 1.69. The van der Waals surface area contributed by atoms with Crippen LogP contribution in [-0.2, 0) is 0 Å². The maximum Gasteiger partial charge on any atom is 0.222 e. The summed E-state index contributed by atoms with van der Waals surface area (Å²) in [7, 11) is 0. The molecule has 2 aromatic heterocycles. The third-order valence-corrected chi connectivity index (χ3v) is 1.19. The largest absolute Gasteiger partial charge is 0.412 e. The summed E-state index contributed by atoms with van der Waals surface area (Å²) >= 11 is 0. The lowest BCUT2D eigenvalue weighted by molar-refractivity contribution is 0.824. The molecule has 2 aromatic rings. The number of hydrogen-bond donors (Lipinski definition) is 2. The fraction of sp³-hybridized carbons (Fsp3) is 0. The molecule has 0 aliphatic rings. The Morgan fingerprint density at radius 3 is 3.00 bits per heavy atom. The number of aromatic amines is 1. The van der Waals surface area contributed by atoms with Gasteiger partial charge in [0.1, 0.15) is 5.52 Å². The van der Waals surface area contributed by atoms with Gasteiger partial charge in [0.05, 0.1) is 12.5 Å². The van der Waals surface area contributed by atoms with Gasteiger partial charge in [0.2, 0.25) is 5.95 Å². The molecule has 0 aromatic carbocycles. The predicted molar refractivity (Wildman–Crippen MR) is 39.7 cm³/mol. The van der Waals surface area contributed by atoms with Gasteiger partial charge in [0.15, 0.2) is 5.65 Å². The van der Waals surface area contributed by atoms with E-state index in [0.717, 1.165) is 5.52 Å². The van der Waals surface area contributed by atoms with Crippen LogP contribution in [0.5, 0.6) is 0 Å². The van der Waals surface area contributed by atoms with E-state index < -0.39 is 0 Å². The zero-order chi connectivity index (χ0) is 6.97. The molecule has 0 unspecified atom stereocenters. The van der Waals surface area contributed by atoms with Crippen molar-refractivity contribution in [3.8, 4) is 0 Å². The number of H-pyrrole nitrogens is 1. The molecule has 58 valence electrons. The molecule has 0 aliphatic carbocycles. The molecule has 5 N–H and O–H groups in total. The molecule has 0 saturated heterocycles. The normalized spacial score (nSPS) is 9.45. The number of hydrogen-bond acceptors (Lipinski definition) is 4. The number of fused-ring (bicyclic) bond motifs is 1. The van der Waals surface area contributed by atoms with Crippen molar-refractivity contribution in [2.45, 2.75) is 0 Å². The van der Waals surface area contributed by atoms with Gasteiger partial charge in [-0.3, -0.25) is 0 Å².